The Balaban J connectivity index is 1.92. The normalized spacial score (nSPS) is 11.2. The Bertz CT molecular complexity index is 779. The van der Waals surface area contributed by atoms with E-state index in [4.69, 9.17) is 0 Å². The lowest BCUT2D eigenvalue weighted by atomic mass is 10.2. The molecule has 1 heterocycles. The van der Waals surface area contributed by atoms with Gasteiger partial charge in [0.1, 0.15) is 5.82 Å². The lowest BCUT2D eigenvalue weighted by Crippen LogP contribution is -2.29. The van der Waals surface area contributed by atoms with Crippen LogP contribution in [-0.4, -0.2) is 30.5 Å². The highest BCUT2D eigenvalue weighted by atomic mass is 32.2. The van der Waals surface area contributed by atoms with Gasteiger partial charge in [-0.2, -0.15) is 5.10 Å². The number of amides is 2. The van der Waals surface area contributed by atoms with Crippen molar-refractivity contribution in [2.45, 2.75) is 18.4 Å². The van der Waals surface area contributed by atoms with Crippen LogP contribution >= 0.6 is 0 Å². The second-order valence-electron chi connectivity index (χ2n) is 5.02. The Kier molecular flexibility index (Phi) is 4.51. The predicted octanol–water partition coefficient (Wildman–Crippen LogP) is 1.45. The molecule has 2 aromatic rings. The molecule has 2 amide bonds. The number of rotatable bonds is 4. The minimum atomic E-state index is -3.20. The molecule has 118 valence electrons. The van der Waals surface area contributed by atoms with E-state index in [0.717, 1.165) is 17.5 Å². The molecule has 0 aliphatic carbocycles. The summed E-state index contributed by atoms with van der Waals surface area (Å²) in [5.41, 5.74) is 1.62. The van der Waals surface area contributed by atoms with E-state index < -0.39 is 9.84 Å². The van der Waals surface area contributed by atoms with Crippen molar-refractivity contribution in [3.05, 3.63) is 41.6 Å². The number of urea groups is 1. The molecule has 2 rings (SSSR count). The maximum atomic E-state index is 11.8. The summed E-state index contributed by atoms with van der Waals surface area (Å²) in [7, 11) is -1.46. The van der Waals surface area contributed by atoms with Gasteiger partial charge < -0.3 is 5.32 Å². The Morgan fingerprint density at radius 3 is 2.41 bits per heavy atom. The van der Waals surface area contributed by atoms with E-state index in [1.807, 2.05) is 6.92 Å². The zero-order valence-electron chi connectivity index (χ0n) is 12.6. The van der Waals surface area contributed by atoms with E-state index in [1.54, 1.807) is 29.9 Å². The number of anilines is 1. The van der Waals surface area contributed by atoms with Crippen molar-refractivity contribution < 1.29 is 13.2 Å². The lowest BCUT2D eigenvalue weighted by molar-refractivity contribution is 0.251. The maximum absolute atomic E-state index is 11.8. The summed E-state index contributed by atoms with van der Waals surface area (Å²) in [6, 6.07) is 7.80. The molecule has 7 nitrogen and oxygen atoms in total. The molecule has 8 heteroatoms. The number of hydrogen-bond acceptors (Lipinski definition) is 4. The van der Waals surface area contributed by atoms with Crippen LogP contribution in [-0.2, 0) is 23.4 Å². The minimum absolute atomic E-state index is 0.256. The van der Waals surface area contributed by atoms with Crippen LogP contribution in [0.2, 0.25) is 0 Å². The van der Waals surface area contributed by atoms with Crippen LogP contribution < -0.4 is 10.6 Å². The number of nitrogens with zero attached hydrogens (tertiary/aromatic N) is 2. The Morgan fingerprint density at radius 2 is 1.91 bits per heavy atom. The van der Waals surface area contributed by atoms with Gasteiger partial charge in [0.2, 0.25) is 0 Å². The zero-order valence-corrected chi connectivity index (χ0v) is 13.4. The van der Waals surface area contributed by atoms with Crippen molar-refractivity contribution in [3.63, 3.8) is 0 Å². The highest BCUT2D eigenvalue weighted by Crippen LogP contribution is 2.10. The van der Waals surface area contributed by atoms with Crippen molar-refractivity contribution in [3.8, 4) is 0 Å². The van der Waals surface area contributed by atoms with Crippen molar-refractivity contribution in [1.82, 2.24) is 15.1 Å². The van der Waals surface area contributed by atoms with E-state index in [-0.39, 0.29) is 10.9 Å². The van der Waals surface area contributed by atoms with Crippen molar-refractivity contribution >= 4 is 21.7 Å². The summed E-state index contributed by atoms with van der Waals surface area (Å²) in [5, 5.41) is 9.53. The molecule has 1 aromatic carbocycles. The summed E-state index contributed by atoms with van der Waals surface area (Å²) >= 11 is 0. The van der Waals surface area contributed by atoms with E-state index in [2.05, 4.69) is 15.7 Å². The van der Waals surface area contributed by atoms with E-state index in [0.29, 0.717) is 12.4 Å². The van der Waals surface area contributed by atoms with E-state index in [1.165, 1.54) is 12.1 Å². The third-order valence-electron chi connectivity index (χ3n) is 3.05. The van der Waals surface area contributed by atoms with Crippen LogP contribution in [0.5, 0.6) is 0 Å². The molecular weight excluding hydrogens is 304 g/mol. The molecule has 1 aromatic heterocycles. The third-order valence-corrected chi connectivity index (χ3v) is 4.18. The van der Waals surface area contributed by atoms with E-state index in [9.17, 15) is 13.2 Å². The van der Waals surface area contributed by atoms with Crippen molar-refractivity contribution in [2.24, 2.45) is 7.05 Å². The van der Waals surface area contributed by atoms with Gasteiger partial charge in [-0.1, -0.05) is 12.1 Å². The zero-order chi connectivity index (χ0) is 16.3. The van der Waals surface area contributed by atoms with Crippen LogP contribution in [0, 0.1) is 6.92 Å². The minimum Gasteiger partial charge on any atom is -0.334 e. The van der Waals surface area contributed by atoms with Crippen molar-refractivity contribution in [1.29, 1.82) is 0 Å². The predicted molar refractivity (Wildman–Crippen MR) is 83.4 cm³/mol. The number of aromatic nitrogens is 2. The molecule has 0 unspecified atom stereocenters. The van der Waals surface area contributed by atoms with Crippen LogP contribution in [0.4, 0.5) is 10.6 Å². The molecule has 0 atom stereocenters. The fourth-order valence-electron chi connectivity index (χ4n) is 1.92. The first-order valence-corrected chi connectivity index (χ1v) is 8.49. The average molecular weight is 322 g/mol. The first kappa shape index (κ1) is 16.0. The second kappa shape index (κ2) is 6.18. The smallest absolute Gasteiger partial charge is 0.320 e. The number of carbonyl (C=O) groups excluding carboxylic acids is 1. The fraction of sp³-hybridized carbons (Fsp3) is 0.286. The van der Waals surface area contributed by atoms with Gasteiger partial charge in [-0.25, -0.2) is 13.2 Å². The summed E-state index contributed by atoms with van der Waals surface area (Å²) in [5.74, 6) is 0.599. The van der Waals surface area contributed by atoms with Gasteiger partial charge in [-0.3, -0.25) is 10.00 Å². The molecule has 0 saturated carbocycles. The van der Waals surface area contributed by atoms with Crippen molar-refractivity contribution in [2.75, 3.05) is 11.6 Å². The molecule has 0 aliphatic heterocycles. The third kappa shape index (κ3) is 4.08. The first-order valence-electron chi connectivity index (χ1n) is 6.60. The molecular formula is C14H18N4O3S. The molecule has 0 spiro atoms. The van der Waals surface area contributed by atoms with Gasteiger partial charge in [-0.15, -0.1) is 0 Å². The Labute approximate surface area is 129 Å². The van der Waals surface area contributed by atoms with Crippen LogP contribution in [0.1, 0.15) is 11.3 Å². The van der Waals surface area contributed by atoms with E-state index >= 15 is 0 Å². The summed E-state index contributed by atoms with van der Waals surface area (Å²) in [4.78, 5) is 12.1. The number of benzene rings is 1. The topological polar surface area (TPSA) is 93.1 Å². The number of carbonyl (C=O) groups is 1. The SMILES string of the molecule is Cc1cc(NC(=O)NCc2ccc(S(C)(=O)=O)cc2)n(C)n1. The number of sulfone groups is 1. The first-order chi connectivity index (χ1) is 10.3. The molecule has 0 saturated heterocycles. The monoisotopic (exact) mass is 322 g/mol. The highest BCUT2D eigenvalue weighted by molar-refractivity contribution is 7.90. The van der Waals surface area contributed by atoms with Crippen LogP contribution in [0.15, 0.2) is 35.2 Å². The Morgan fingerprint density at radius 1 is 1.27 bits per heavy atom. The molecule has 22 heavy (non-hydrogen) atoms. The standard InChI is InChI=1S/C14H18N4O3S/c1-10-8-13(18(2)17-10)16-14(19)15-9-11-4-6-12(7-5-11)22(3,20)21/h4-8H,9H2,1-3H3,(H2,15,16,19). The van der Waals surface area contributed by atoms with Gasteiger partial charge in [-0.05, 0) is 24.6 Å². The maximum Gasteiger partial charge on any atom is 0.320 e. The highest BCUT2D eigenvalue weighted by Gasteiger charge is 2.08. The molecule has 0 aliphatic rings. The Hall–Kier alpha value is -2.35. The van der Waals surface area contributed by atoms with Gasteiger partial charge in [0.15, 0.2) is 9.84 Å². The summed E-state index contributed by atoms with van der Waals surface area (Å²) in [6.07, 6.45) is 1.16. The number of aryl methyl sites for hydroxylation is 2. The van der Waals surface area contributed by atoms with Gasteiger partial charge in [0.25, 0.3) is 0 Å². The second-order valence-corrected chi connectivity index (χ2v) is 7.03. The summed E-state index contributed by atoms with van der Waals surface area (Å²) < 4.78 is 24.3. The largest absolute Gasteiger partial charge is 0.334 e. The molecule has 0 fully saturated rings. The number of hydrogen-bond donors (Lipinski definition) is 2. The molecule has 0 radical (unpaired) electrons. The van der Waals surface area contributed by atoms with Gasteiger partial charge >= 0.3 is 6.03 Å². The molecule has 0 bridgehead atoms. The van der Waals surface area contributed by atoms with Crippen LogP contribution in [0.3, 0.4) is 0 Å². The number of nitrogens with one attached hydrogen (secondary N) is 2. The fourth-order valence-corrected chi connectivity index (χ4v) is 2.56. The van der Waals surface area contributed by atoms with Gasteiger partial charge in [0, 0.05) is 25.9 Å². The van der Waals surface area contributed by atoms with Crippen LogP contribution in [0.25, 0.3) is 0 Å². The summed E-state index contributed by atoms with van der Waals surface area (Å²) in [6.45, 7) is 2.14. The quantitative estimate of drug-likeness (QED) is 0.891. The van der Waals surface area contributed by atoms with Gasteiger partial charge in [0.05, 0.1) is 10.6 Å². The average Bonchev–Trinajstić information content (AvgIpc) is 2.74. The molecule has 2 N–H and O–H groups in total. The lowest BCUT2D eigenvalue weighted by Gasteiger charge is -2.08.